The maximum absolute atomic E-state index is 4.78. The number of hydrogen-bond acceptors (Lipinski definition) is 3. The molecular formula is C30H20N6. The molecule has 36 heavy (non-hydrogen) atoms. The summed E-state index contributed by atoms with van der Waals surface area (Å²) >= 11 is 0. The third-order valence-corrected chi connectivity index (χ3v) is 7.17. The van der Waals surface area contributed by atoms with Crippen LogP contribution in [-0.4, -0.2) is 28.7 Å². The van der Waals surface area contributed by atoms with Crippen molar-refractivity contribution in [2.75, 3.05) is 0 Å². The molecule has 4 aromatic carbocycles. The van der Waals surface area contributed by atoms with Crippen molar-refractivity contribution >= 4 is 54.8 Å². The van der Waals surface area contributed by atoms with Crippen molar-refractivity contribution in [1.29, 1.82) is 0 Å². The quantitative estimate of drug-likeness (QED) is 0.291. The van der Waals surface area contributed by atoms with Crippen molar-refractivity contribution < 1.29 is 0 Å². The Bertz CT molecular complexity index is 2110. The van der Waals surface area contributed by atoms with Crippen LogP contribution in [0.25, 0.3) is 66.3 Å². The second-order valence-corrected chi connectivity index (χ2v) is 9.12. The van der Waals surface area contributed by atoms with Gasteiger partial charge >= 0.3 is 0 Å². The highest BCUT2D eigenvalue weighted by atomic mass is 15.2. The van der Waals surface area contributed by atoms with Gasteiger partial charge < -0.3 is 9.13 Å². The van der Waals surface area contributed by atoms with E-state index in [1.807, 2.05) is 11.6 Å². The molecule has 4 heterocycles. The lowest BCUT2D eigenvalue weighted by Crippen LogP contribution is -2.01. The summed E-state index contributed by atoms with van der Waals surface area (Å²) in [5.41, 5.74) is 7.29. The van der Waals surface area contributed by atoms with Crippen LogP contribution < -0.4 is 0 Å². The highest BCUT2D eigenvalue weighted by Crippen LogP contribution is 2.42. The molecule has 4 aromatic heterocycles. The van der Waals surface area contributed by atoms with Crippen molar-refractivity contribution in [3.63, 3.8) is 0 Å². The first-order valence-electron chi connectivity index (χ1n) is 11.9. The van der Waals surface area contributed by atoms with Crippen LogP contribution in [0.3, 0.4) is 0 Å². The highest BCUT2D eigenvalue weighted by molar-refractivity contribution is 6.26. The summed E-state index contributed by atoms with van der Waals surface area (Å²) in [6.45, 7) is 0. The normalized spacial score (nSPS) is 12.0. The molecule has 0 bridgehead atoms. The van der Waals surface area contributed by atoms with Crippen LogP contribution in [0.4, 0.5) is 0 Å². The number of benzene rings is 4. The Morgan fingerprint density at radius 1 is 0.583 bits per heavy atom. The molecule has 0 aliphatic carbocycles. The van der Waals surface area contributed by atoms with Crippen LogP contribution in [0.5, 0.6) is 0 Å². The largest absolute Gasteiger partial charge is 0.318 e. The Morgan fingerprint density at radius 3 is 2.14 bits per heavy atom. The van der Waals surface area contributed by atoms with Gasteiger partial charge in [0.05, 0.1) is 28.4 Å². The molecule has 0 saturated carbocycles. The third kappa shape index (κ3) is 2.42. The van der Waals surface area contributed by atoms with E-state index < -0.39 is 0 Å². The van der Waals surface area contributed by atoms with Crippen LogP contribution >= 0.6 is 0 Å². The fourth-order valence-corrected chi connectivity index (χ4v) is 5.68. The van der Waals surface area contributed by atoms with E-state index >= 15 is 0 Å². The zero-order valence-electron chi connectivity index (χ0n) is 19.5. The number of fused-ring (bicyclic) bond motifs is 8. The molecule has 0 saturated heterocycles. The lowest BCUT2D eigenvalue weighted by molar-refractivity contribution is 0.926. The average molecular weight is 465 g/mol. The first-order valence-corrected chi connectivity index (χ1v) is 11.9. The average Bonchev–Trinajstić information content (AvgIpc) is 3.58. The minimum absolute atomic E-state index is 0.784. The van der Waals surface area contributed by atoms with Gasteiger partial charge in [0.1, 0.15) is 6.33 Å². The Balaban J connectivity index is 1.65. The molecular weight excluding hydrogens is 444 g/mol. The molecule has 8 aromatic rings. The summed E-state index contributed by atoms with van der Waals surface area (Å²) in [5.74, 6) is 0.788. The Labute approximate surface area is 205 Å². The summed E-state index contributed by atoms with van der Waals surface area (Å²) in [5, 5.41) is 4.79. The molecule has 0 N–H and O–H groups in total. The fourth-order valence-electron chi connectivity index (χ4n) is 5.68. The molecule has 0 radical (unpaired) electrons. The molecule has 6 nitrogen and oxygen atoms in total. The lowest BCUT2D eigenvalue weighted by Gasteiger charge is -2.09. The van der Waals surface area contributed by atoms with Crippen molar-refractivity contribution in [3.05, 3.63) is 104 Å². The summed E-state index contributed by atoms with van der Waals surface area (Å²) in [7, 11) is 1.96. The molecule has 6 heteroatoms. The zero-order valence-corrected chi connectivity index (χ0v) is 19.5. The number of imidazole rings is 1. The topological polar surface area (TPSA) is 53.5 Å². The molecule has 170 valence electrons. The van der Waals surface area contributed by atoms with Crippen LogP contribution in [-0.2, 0) is 7.05 Å². The molecule has 0 atom stereocenters. The number of aromatic nitrogens is 6. The molecule has 0 fully saturated rings. The van der Waals surface area contributed by atoms with Gasteiger partial charge in [-0.1, -0.05) is 60.7 Å². The van der Waals surface area contributed by atoms with Crippen LogP contribution in [0.15, 0.2) is 104 Å². The molecule has 8 rings (SSSR count). The van der Waals surface area contributed by atoms with Gasteiger partial charge in [0.2, 0.25) is 0 Å². The van der Waals surface area contributed by atoms with E-state index in [1.54, 1.807) is 12.7 Å². The minimum Gasteiger partial charge on any atom is -0.318 e. The fraction of sp³-hybridized carbons (Fsp3) is 0.0333. The smallest absolute Gasteiger partial charge is 0.169 e. The minimum atomic E-state index is 0.784. The van der Waals surface area contributed by atoms with Gasteiger partial charge in [0.15, 0.2) is 17.0 Å². The predicted octanol–water partition coefficient (Wildman–Crippen LogP) is 6.56. The van der Waals surface area contributed by atoms with E-state index in [2.05, 4.69) is 105 Å². The summed E-state index contributed by atoms with van der Waals surface area (Å²) in [6, 6.07) is 32.2. The third-order valence-electron chi connectivity index (χ3n) is 7.17. The molecule has 0 amide bonds. The van der Waals surface area contributed by atoms with Crippen molar-refractivity contribution in [2.45, 2.75) is 0 Å². The molecule has 0 spiro atoms. The lowest BCUT2D eigenvalue weighted by atomic mass is 10.1. The number of hydrogen-bond donors (Lipinski definition) is 0. The summed E-state index contributed by atoms with van der Waals surface area (Å²) < 4.78 is 6.56. The van der Waals surface area contributed by atoms with E-state index in [4.69, 9.17) is 9.97 Å². The van der Waals surface area contributed by atoms with E-state index in [9.17, 15) is 0 Å². The van der Waals surface area contributed by atoms with Crippen molar-refractivity contribution in [2.24, 2.45) is 7.05 Å². The van der Waals surface area contributed by atoms with Crippen molar-refractivity contribution in [3.8, 4) is 11.5 Å². The van der Waals surface area contributed by atoms with Crippen LogP contribution in [0, 0.1) is 0 Å². The second kappa shape index (κ2) is 7.02. The van der Waals surface area contributed by atoms with Crippen LogP contribution in [0.1, 0.15) is 0 Å². The number of nitrogens with zero attached hydrogens (tertiary/aromatic N) is 6. The second-order valence-electron chi connectivity index (χ2n) is 9.12. The Morgan fingerprint density at radius 2 is 1.31 bits per heavy atom. The molecule has 0 aliphatic rings. The van der Waals surface area contributed by atoms with Gasteiger partial charge in [-0.2, -0.15) is 0 Å². The monoisotopic (exact) mass is 464 g/mol. The van der Waals surface area contributed by atoms with E-state index in [-0.39, 0.29) is 0 Å². The zero-order chi connectivity index (χ0) is 23.8. The van der Waals surface area contributed by atoms with Gasteiger partial charge in [-0.25, -0.2) is 15.0 Å². The maximum Gasteiger partial charge on any atom is 0.169 e. The van der Waals surface area contributed by atoms with E-state index in [1.165, 1.54) is 27.1 Å². The Kier molecular flexibility index (Phi) is 3.77. The standard InChI is InChI=1S/C30H20N6/c1-34-18-33-27-29(34)31-17-32-30(27)36-23-13-7-5-11-20(23)21-15-16-25-26(28(21)36)22-12-6-8-14-24(22)35(25)19-9-3-2-4-10-19/h2-18H,1H3. The highest BCUT2D eigenvalue weighted by Gasteiger charge is 2.22. The summed E-state index contributed by atoms with van der Waals surface area (Å²) in [4.78, 5) is 14.0. The number of aryl methyl sites for hydroxylation is 1. The first-order chi connectivity index (χ1) is 17.8. The maximum atomic E-state index is 4.78. The predicted molar refractivity (Wildman–Crippen MR) is 145 cm³/mol. The molecule has 0 unspecified atom stereocenters. The van der Waals surface area contributed by atoms with E-state index in [0.717, 1.165) is 39.2 Å². The molecule has 0 aliphatic heterocycles. The number of para-hydroxylation sites is 3. The van der Waals surface area contributed by atoms with Gasteiger partial charge in [-0.3, -0.25) is 4.57 Å². The van der Waals surface area contributed by atoms with Crippen molar-refractivity contribution in [1.82, 2.24) is 28.7 Å². The SMILES string of the molecule is Cn1cnc2c(-n3c4ccccc4c4ccc5c(c6ccccc6n5-c5ccccc5)c43)ncnc21. The van der Waals surface area contributed by atoms with Gasteiger partial charge in [0, 0.05) is 34.3 Å². The Hall–Kier alpha value is -4.97. The van der Waals surface area contributed by atoms with E-state index in [0.29, 0.717) is 0 Å². The van der Waals surface area contributed by atoms with Gasteiger partial charge in [0.25, 0.3) is 0 Å². The number of rotatable bonds is 2. The first kappa shape index (κ1) is 19.3. The summed E-state index contributed by atoms with van der Waals surface area (Å²) in [6.07, 6.45) is 3.43. The van der Waals surface area contributed by atoms with Crippen LogP contribution in [0.2, 0.25) is 0 Å². The van der Waals surface area contributed by atoms with Gasteiger partial charge in [-0.15, -0.1) is 0 Å². The van der Waals surface area contributed by atoms with Gasteiger partial charge in [-0.05, 0) is 30.3 Å².